The molecule has 1 heterocycles. The Balaban J connectivity index is 1.50. The minimum Gasteiger partial charge on any atom is -0.504 e. The van der Waals surface area contributed by atoms with Gasteiger partial charge in [0.05, 0.1) is 19.1 Å². The van der Waals surface area contributed by atoms with Crippen LogP contribution in [-0.2, 0) is 4.79 Å². The van der Waals surface area contributed by atoms with Gasteiger partial charge in [0.25, 0.3) is 5.91 Å². The van der Waals surface area contributed by atoms with E-state index in [9.17, 15) is 9.90 Å². The van der Waals surface area contributed by atoms with E-state index in [-0.39, 0.29) is 17.4 Å². The fraction of sp³-hybridized carbons (Fsp3) is 0.120. The molecule has 0 aliphatic carbocycles. The minimum absolute atomic E-state index is 0.0525. The Morgan fingerprint density at radius 1 is 1.14 bits per heavy atom. The highest BCUT2D eigenvalue weighted by Gasteiger charge is 2.17. The molecule has 35 heavy (non-hydrogen) atoms. The monoisotopic (exact) mass is 507 g/mol. The third-order valence-electron chi connectivity index (χ3n) is 5.00. The molecular formula is C25H22ClN5O3S. The zero-order chi connectivity index (χ0) is 24.8. The molecule has 0 radical (unpaired) electrons. The van der Waals surface area contributed by atoms with Crippen LogP contribution in [0, 0.1) is 6.92 Å². The Bertz CT molecular complexity index is 1350. The summed E-state index contributed by atoms with van der Waals surface area (Å²) in [7, 11) is 1.46. The van der Waals surface area contributed by atoms with Crippen LogP contribution in [0.5, 0.6) is 11.5 Å². The van der Waals surface area contributed by atoms with Crippen molar-refractivity contribution in [3.8, 4) is 28.6 Å². The SMILES string of the molecule is COc1cccc(/C=N\NC(=O)CSc2nnc(-c3ccc(Cl)cc3)n2-c2ccc(C)cc2)c1O. The predicted octanol–water partition coefficient (Wildman–Crippen LogP) is 4.85. The third-order valence-corrected chi connectivity index (χ3v) is 6.18. The number of aryl methyl sites for hydroxylation is 1. The van der Waals surface area contributed by atoms with E-state index in [4.69, 9.17) is 16.3 Å². The van der Waals surface area contributed by atoms with Crippen LogP contribution in [-0.4, -0.2) is 44.9 Å². The number of hydrogen-bond acceptors (Lipinski definition) is 7. The maximum atomic E-state index is 12.4. The van der Waals surface area contributed by atoms with Gasteiger partial charge in [0.15, 0.2) is 22.5 Å². The van der Waals surface area contributed by atoms with Gasteiger partial charge < -0.3 is 9.84 Å². The average molecular weight is 508 g/mol. The number of carbonyl (C=O) groups is 1. The van der Waals surface area contributed by atoms with Crippen LogP contribution in [0.25, 0.3) is 17.1 Å². The average Bonchev–Trinajstić information content (AvgIpc) is 3.28. The summed E-state index contributed by atoms with van der Waals surface area (Å²) in [5, 5.41) is 23.9. The quantitative estimate of drug-likeness (QED) is 0.201. The molecule has 0 fully saturated rings. The first-order chi connectivity index (χ1) is 17.0. The number of phenols is 1. The minimum atomic E-state index is -0.333. The van der Waals surface area contributed by atoms with E-state index in [0.717, 1.165) is 16.8 Å². The molecule has 0 saturated heterocycles. The van der Waals surface area contributed by atoms with Crippen LogP contribution in [0.3, 0.4) is 0 Å². The van der Waals surface area contributed by atoms with Gasteiger partial charge >= 0.3 is 0 Å². The highest BCUT2D eigenvalue weighted by Crippen LogP contribution is 2.29. The molecule has 0 atom stereocenters. The molecular weight excluding hydrogens is 486 g/mol. The molecule has 0 aliphatic rings. The Kier molecular flexibility index (Phi) is 7.69. The highest BCUT2D eigenvalue weighted by atomic mass is 35.5. The van der Waals surface area contributed by atoms with Gasteiger partial charge in [0.1, 0.15) is 0 Å². The number of carbonyl (C=O) groups excluding carboxylic acids is 1. The van der Waals surface area contributed by atoms with Gasteiger partial charge in [-0.2, -0.15) is 5.10 Å². The van der Waals surface area contributed by atoms with Gasteiger partial charge in [-0.25, -0.2) is 5.43 Å². The van der Waals surface area contributed by atoms with Crippen LogP contribution in [0.4, 0.5) is 0 Å². The molecule has 0 unspecified atom stereocenters. The van der Waals surface area contributed by atoms with Gasteiger partial charge in [0, 0.05) is 21.8 Å². The lowest BCUT2D eigenvalue weighted by Gasteiger charge is -2.10. The number of aromatic hydroxyl groups is 1. The van der Waals surface area contributed by atoms with E-state index in [0.29, 0.717) is 27.3 Å². The fourth-order valence-electron chi connectivity index (χ4n) is 3.22. The fourth-order valence-corrected chi connectivity index (χ4v) is 4.09. The molecule has 0 bridgehead atoms. The first kappa shape index (κ1) is 24.3. The number of phenolic OH excluding ortho intramolecular Hbond substituents is 1. The van der Waals surface area contributed by atoms with Gasteiger partial charge in [-0.1, -0.05) is 47.1 Å². The molecule has 3 aromatic carbocycles. The number of methoxy groups -OCH3 is 1. The van der Waals surface area contributed by atoms with E-state index < -0.39 is 0 Å². The molecule has 1 aromatic heterocycles. The highest BCUT2D eigenvalue weighted by molar-refractivity contribution is 7.99. The Morgan fingerprint density at radius 2 is 1.89 bits per heavy atom. The Hall–Kier alpha value is -3.82. The first-order valence-electron chi connectivity index (χ1n) is 10.6. The predicted molar refractivity (Wildman–Crippen MR) is 138 cm³/mol. The number of nitrogens with zero attached hydrogens (tertiary/aromatic N) is 4. The number of nitrogens with one attached hydrogen (secondary N) is 1. The van der Waals surface area contributed by atoms with Crippen molar-refractivity contribution < 1.29 is 14.6 Å². The summed E-state index contributed by atoms with van der Waals surface area (Å²) in [5.41, 5.74) is 5.74. The molecule has 0 spiro atoms. The Labute approximate surface area is 211 Å². The van der Waals surface area contributed by atoms with E-state index >= 15 is 0 Å². The van der Waals surface area contributed by atoms with Crippen LogP contribution in [0.15, 0.2) is 77.0 Å². The summed E-state index contributed by atoms with van der Waals surface area (Å²) < 4.78 is 6.97. The zero-order valence-corrected chi connectivity index (χ0v) is 20.5. The number of benzene rings is 3. The lowest BCUT2D eigenvalue weighted by molar-refractivity contribution is -0.118. The van der Waals surface area contributed by atoms with Crippen molar-refractivity contribution in [1.82, 2.24) is 20.2 Å². The number of hydrazone groups is 1. The van der Waals surface area contributed by atoms with Gasteiger partial charge in [-0.05, 0) is 55.5 Å². The van der Waals surface area contributed by atoms with Gasteiger partial charge in [-0.15, -0.1) is 10.2 Å². The first-order valence-corrected chi connectivity index (χ1v) is 11.9. The van der Waals surface area contributed by atoms with Crippen molar-refractivity contribution in [2.75, 3.05) is 12.9 Å². The van der Waals surface area contributed by atoms with E-state index in [1.807, 2.05) is 47.9 Å². The standard InChI is InChI=1S/C25H22ClN5O3S/c1-16-6-12-20(13-7-16)31-24(17-8-10-19(26)11-9-17)29-30-25(31)35-15-22(32)28-27-14-18-4-3-5-21(34-2)23(18)33/h3-14,33H,15H2,1-2H3,(H,28,32)/b27-14-. The smallest absolute Gasteiger partial charge is 0.250 e. The molecule has 1 amide bonds. The van der Waals surface area contributed by atoms with Gasteiger partial charge in [-0.3, -0.25) is 9.36 Å². The van der Waals surface area contributed by atoms with Crippen molar-refractivity contribution in [2.24, 2.45) is 5.10 Å². The number of aromatic nitrogens is 3. The van der Waals surface area contributed by atoms with Crippen LogP contribution in [0.2, 0.25) is 5.02 Å². The normalized spacial score (nSPS) is 11.1. The number of rotatable bonds is 8. The maximum Gasteiger partial charge on any atom is 0.250 e. The lowest BCUT2D eigenvalue weighted by Crippen LogP contribution is -2.20. The molecule has 4 rings (SSSR count). The molecule has 10 heteroatoms. The van der Waals surface area contributed by atoms with Crippen LogP contribution >= 0.6 is 23.4 Å². The van der Waals surface area contributed by atoms with Crippen molar-refractivity contribution in [3.05, 3.63) is 82.9 Å². The number of para-hydroxylation sites is 1. The third kappa shape index (κ3) is 5.82. The second-order valence-corrected chi connectivity index (χ2v) is 8.84. The van der Waals surface area contributed by atoms with Crippen molar-refractivity contribution in [3.63, 3.8) is 0 Å². The van der Waals surface area contributed by atoms with Crippen LogP contribution in [0.1, 0.15) is 11.1 Å². The molecule has 0 saturated carbocycles. The van der Waals surface area contributed by atoms with E-state index in [1.165, 1.54) is 25.1 Å². The van der Waals surface area contributed by atoms with Crippen molar-refractivity contribution in [1.29, 1.82) is 0 Å². The summed E-state index contributed by atoms with van der Waals surface area (Å²) in [4.78, 5) is 12.4. The van der Waals surface area contributed by atoms with Crippen LogP contribution < -0.4 is 10.2 Å². The van der Waals surface area contributed by atoms with E-state index in [1.54, 1.807) is 30.3 Å². The Morgan fingerprint density at radius 3 is 2.60 bits per heavy atom. The molecule has 8 nitrogen and oxygen atoms in total. The van der Waals surface area contributed by atoms with E-state index in [2.05, 4.69) is 20.7 Å². The molecule has 178 valence electrons. The summed E-state index contributed by atoms with van der Waals surface area (Å²) in [5.74, 6) is 0.637. The number of amides is 1. The second-order valence-electron chi connectivity index (χ2n) is 7.46. The second kappa shape index (κ2) is 11.1. The summed E-state index contributed by atoms with van der Waals surface area (Å²) in [6.07, 6.45) is 1.36. The summed E-state index contributed by atoms with van der Waals surface area (Å²) in [6, 6.07) is 20.3. The topological polar surface area (TPSA) is 102 Å². The zero-order valence-electron chi connectivity index (χ0n) is 19.0. The molecule has 2 N–H and O–H groups in total. The molecule has 0 aliphatic heterocycles. The van der Waals surface area contributed by atoms with Crippen molar-refractivity contribution >= 4 is 35.5 Å². The van der Waals surface area contributed by atoms with Gasteiger partial charge in [0.2, 0.25) is 0 Å². The molecule has 4 aromatic rings. The number of hydrogen-bond donors (Lipinski definition) is 2. The largest absolute Gasteiger partial charge is 0.504 e. The summed E-state index contributed by atoms with van der Waals surface area (Å²) >= 11 is 7.28. The summed E-state index contributed by atoms with van der Waals surface area (Å²) in [6.45, 7) is 2.02. The van der Waals surface area contributed by atoms with Crippen molar-refractivity contribution in [2.45, 2.75) is 12.1 Å². The lowest BCUT2D eigenvalue weighted by atomic mass is 10.2. The number of thioether (sulfide) groups is 1. The number of halogens is 1. The maximum absolute atomic E-state index is 12.4. The number of ether oxygens (including phenoxy) is 1.